The number of carbonyl (C=O) groups is 2. The van der Waals surface area contributed by atoms with Crippen LogP contribution >= 0.6 is 11.3 Å². The fourth-order valence-corrected chi connectivity index (χ4v) is 3.26. The van der Waals surface area contributed by atoms with E-state index in [1.165, 1.54) is 18.3 Å². The Kier molecular flexibility index (Phi) is 5.27. The van der Waals surface area contributed by atoms with Crippen LogP contribution in [0.1, 0.15) is 25.5 Å². The van der Waals surface area contributed by atoms with Crippen molar-refractivity contribution in [1.29, 1.82) is 0 Å². The molecule has 0 radical (unpaired) electrons. The first-order valence-electron chi connectivity index (χ1n) is 7.92. The number of nitrogens with one attached hydrogen (secondary N) is 3. The third-order valence-corrected chi connectivity index (χ3v) is 4.63. The van der Waals surface area contributed by atoms with Crippen molar-refractivity contribution in [2.75, 3.05) is 18.4 Å². The van der Waals surface area contributed by atoms with Gasteiger partial charge in [-0.25, -0.2) is 4.98 Å². The van der Waals surface area contributed by atoms with Crippen molar-refractivity contribution >= 4 is 28.3 Å². The van der Waals surface area contributed by atoms with Gasteiger partial charge in [0.25, 0.3) is 0 Å². The van der Waals surface area contributed by atoms with E-state index in [1.807, 2.05) is 11.4 Å². The molecule has 2 amide bonds. The van der Waals surface area contributed by atoms with Crippen molar-refractivity contribution in [3.8, 4) is 11.5 Å². The fraction of sp³-hybridized carbons (Fsp3) is 0.438. The van der Waals surface area contributed by atoms with Crippen LogP contribution in [-0.4, -0.2) is 29.9 Å². The highest BCUT2D eigenvalue weighted by Crippen LogP contribution is 2.27. The van der Waals surface area contributed by atoms with Gasteiger partial charge in [0.15, 0.2) is 10.9 Å². The monoisotopic (exact) mass is 348 g/mol. The molecule has 3 heterocycles. The summed E-state index contributed by atoms with van der Waals surface area (Å²) in [5.74, 6) is 1.25. The summed E-state index contributed by atoms with van der Waals surface area (Å²) in [5, 5.41) is 11.2. The Morgan fingerprint density at radius 3 is 2.92 bits per heavy atom. The molecule has 24 heavy (non-hydrogen) atoms. The number of hydrogen-bond donors (Lipinski definition) is 3. The minimum Gasteiger partial charge on any atom is -0.458 e. The average Bonchev–Trinajstić information content (AvgIpc) is 3.22. The number of anilines is 1. The molecule has 1 fully saturated rings. The van der Waals surface area contributed by atoms with Crippen LogP contribution in [-0.2, 0) is 16.1 Å². The minimum absolute atomic E-state index is 0.0307. The molecular weight excluding hydrogens is 328 g/mol. The van der Waals surface area contributed by atoms with E-state index >= 15 is 0 Å². The Morgan fingerprint density at radius 2 is 2.17 bits per heavy atom. The lowest BCUT2D eigenvalue weighted by atomic mass is 9.97. The van der Waals surface area contributed by atoms with Crippen LogP contribution < -0.4 is 16.0 Å². The first kappa shape index (κ1) is 16.7. The van der Waals surface area contributed by atoms with Crippen molar-refractivity contribution in [3.05, 3.63) is 23.3 Å². The molecule has 0 aromatic carbocycles. The second-order valence-electron chi connectivity index (χ2n) is 5.73. The zero-order valence-corrected chi connectivity index (χ0v) is 14.2. The summed E-state index contributed by atoms with van der Waals surface area (Å²) < 4.78 is 5.66. The van der Waals surface area contributed by atoms with Crippen molar-refractivity contribution in [2.45, 2.75) is 26.3 Å². The quantitative estimate of drug-likeness (QED) is 0.768. The summed E-state index contributed by atoms with van der Waals surface area (Å²) in [4.78, 5) is 27.6. The lowest BCUT2D eigenvalue weighted by Gasteiger charge is -2.20. The molecule has 3 rings (SSSR count). The van der Waals surface area contributed by atoms with Gasteiger partial charge >= 0.3 is 0 Å². The molecule has 1 aliphatic rings. The number of furan rings is 1. The van der Waals surface area contributed by atoms with Crippen LogP contribution in [0, 0.1) is 5.92 Å². The third kappa shape index (κ3) is 4.21. The predicted molar refractivity (Wildman–Crippen MR) is 91.6 cm³/mol. The topological polar surface area (TPSA) is 96.3 Å². The highest BCUT2D eigenvalue weighted by atomic mass is 32.1. The van der Waals surface area contributed by atoms with Gasteiger partial charge in [0.2, 0.25) is 11.8 Å². The molecule has 0 atom stereocenters. The maximum absolute atomic E-state index is 12.2. The molecule has 2 aromatic rings. The van der Waals surface area contributed by atoms with Crippen molar-refractivity contribution in [3.63, 3.8) is 0 Å². The van der Waals surface area contributed by atoms with E-state index in [1.54, 1.807) is 6.07 Å². The Hall–Kier alpha value is -2.19. The maximum atomic E-state index is 12.2. The van der Waals surface area contributed by atoms with Gasteiger partial charge in [0, 0.05) is 18.2 Å². The van der Waals surface area contributed by atoms with Gasteiger partial charge in [-0.1, -0.05) is 0 Å². The molecule has 0 spiro atoms. The van der Waals surface area contributed by atoms with Crippen LogP contribution in [0.25, 0.3) is 11.5 Å². The maximum Gasteiger partial charge on any atom is 0.229 e. The first-order chi connectivity index (χ1) is 11.6. The third-order valence-electron chi connectivity index (χ3n) is 3.87. The SMILES string of the molecule is CC(=O)NCc1ccc(-c2csc(NC(=O)C3CCNCC3)n2)o1. The summed E-state index contributed by atoms with van der Waals surface area (Å²) in [6.07, 6.45) is 1.71. The highest BCUT2D eigenvalue weighted by molar-refractivity contribution is 7.14. The number of nitrogens with zero attached hydrogens (tertiary/aromatic N) is 1. The van der Waals surface area contributed by atoms with E-state index in [9.17, 15) is 9.59 Å². The number of thiazole rings is 1. The summed E-state index contributed by atoms with van der Waals surface area (Å²) >= 11 is 1.38. The average molecular weight is 348 g/mol. The Bertz CT molecular complexity index is 718. The molecule has 3 N–H and O–H groups in total. The fourth-order valence-electron chi connectivity index (χ4n) is 2.56. The van der Waals surface area contributed by atoms with E-state index in [-0.39, 0.29) is 17.7 Å². The molecule has 1 aliphatic heterocycles. The standard InChI is InChI=1S/C16H20N4O3S/c1-10(21)18-8-12-2-3-14(23-12)13-9-24-16(19-13)20-15(22)11-4-6-17-7-5-11/h2-3,9,11,17H,4-8H2,1H3,(H,18,21)(H,19,20,22). The summed E-state index contributed by atoms with van der Waals surface area (Å²) in [7, 11) is 0. The molecule has 0 saturated carbocycles. The van der Waals surface area contributed by atoms with Gasteiger partial charge in [0.05, 0.1) is 6.54 Å². The molecule has 7 nitrogen and oxygen atoms in total. The lowest BCUT2D eigenvalue weighted by Crippen LogP contribution is -2.34. The second-order valence-corrected chi connectivity index (χ2v) is 6.59. The van der Waals surface area contributed by atoms with E-state index in [0.717, 1.165) is 25.9 Å². The van der Waals surface area contributed by atoms with Crippen LogP contribution in [0.4, 0.5) is 5.13 Å². The van der Waals surface area contributed by atoms with Gasteiger partial charge in [-0.2, -0.15) is 0 Å². The van der Waals surface area contributed by atoms with Crippen molar-refractivity contribution in [1.82, 2.24) is 15.6 Å². The molecular formula is C16H20N4O3S. The molecule has 0 aliphatic carbocycles. The van der Waals surface area contributed by atoms with Crippen LogP contribution in [0.2, 0.25) is 0 Å². The van der Waals surface area contributed by atoms with Gasteiger partial charge in [0.1, 0.15) is 11.5 Å². The lowest BCUT2D eigenvalue weighted by molar-refractivity contribution is -0.120. The van der Waals surface area contributed by atoms with Crippen molar-refractivity contribution in [2.24, 2.45) is 5.92 Å². The molecule has 128 valence electrons. The zero-order chi connectivity index (χ0) is 16.9. The minimum atomic E-state index is -0.107. The number of aromatic nitrogens is 1. The van der Waals surface area contributed by atoms with Crippen molar-refractivity contribution < 1.29 is 14.0 Å². The van der Waals surface area contributed by atoms with E-state index in [2.05, 4.69) is 20.9 Å². The summed E-state index contributed by atoms with van der Waals surface area (Å²) in [6, 6.07) is 3.61. The van der Waals surface area contributed by atoms with E-state index in [4.69, 9.17) is 4.42 Å². The smallest absolute Gasteiger partial charge is 0.229 e. The summed E-state index contributed by atoms with van der Waals surface area (Å²) in [6.45, 7) is 3.57. The Labute approximate surface area is 143 Å². The first-order valence-corrected chi connectivity index (χ1v) is 8.80. The second kappa shape index (κ2) is 7.59. The Morgan fingerprint density at radius 1 is 1.38 bits per heavy atom. The number of hydrogen-bond acceptors (Lipinski definition) is 6. The van der Waals surface area contributed by atoms with Crippen LogP contribution in [0.15, 0.2) is 21.9 Å². The number of amides is 2. The summed E-state index contributed by atoms with van der Waals surface area (Å²) in [5.41, 5.74) is 0.676. The number of carbonyl (C=O) groups excluding carboxylic acids is 2. The zero-order valence-electron chi connectivity index (χ0n) is 13.4. The van der Waals surface area contributed by atoms with E-state index in [0.29, 0.717) is 28.9 Å². The van der Waals surface area contributed by atoms with Crippen LogP contribution in [0.3, 0.4) is 0 Å². The number of piperidine rings is 1. The molecule has 1 saturated heterocycles. The molecule has 8 heteroatoms. The number of rotatable bonds is 5. The van der Waals surface area contributed by atoms with Gasteiger partial charge in [-0.3, -0.25) is 9.59 Å². The van der Waals surface area contributed by atoms with Gasteiger partial charge < -0.3 is 20.4 Å². The van der Waals surface area contributed by atoms with Crippen LogP contribution in [0.5, 0.6) is 0 Å². The van der Waals surface area contributed by atoms with Gasteiger partial charge in [-0.15, -0.1) is 11.3 Å². The van der Waals surface area contributed by atoms with Gasteiger partial charge in [-0.05, 0) is 38.1 Å². The predicted octanol–water partition coefficient (Wildman–Crippen LogP) is 1.98. The van der Waals surface area contributed by atoms with E-state index < -0.39 is 0 Å². The normalized spacial score (nSPS) is 15.2. The molecule has 0 unspecified atom stereocenters. The Balaban J connectivity index is 1.60. The highest BCUT2D eigenvalue weighted by Gasteiger charge is 2.22. The molecule has 2 aromatic heterocycles. The largest absolute Gasteiger partial charge is 0.458 e. The molecule has 0 bridgehead atoms.